The van der Waals surface area contributed by atoms with Crippen LogP contribution in [0.25, 0.3) is 6.08 Å². The van der Waals surface area contributed by atoms with Gasteiger partial charge in [-0.15, -0.1) is 0 Å². The molecule has 0 spiro atoms. The van der Waals surface area contributed by atoms with Gasteiger partial charge in [0, 0.05) is 12.5 Å². The number of amides is 1. The maximum Gasteiger partial charge on any atom is 0.331 e. The average molecular weight is 425 g/mol. The molecule has 164 valence electrons. The first-order chi connectivity index (χ1) is 15.0. The Morgan fingerprint density at radius 1 is 1.06 bits per heavy atom. The quantitative estimate of drug-likeness (QED) is 0.397. The van der Waals surface area contributed by atoms with Crippen molar-refractivity contribution >= 4 is 18.0 Å². The summed E-state index contributed by atoms with van der Waals surface area (Å²) in [5.74, 6) is 1.13. The van der Waals surface area contributed by atoms with Crippen LogP contribution in [-0.2, 0) is 14.3 Å². The molecule has 2 aromatic carbocycles. The molecule has 0 bridgehead atoms. The molecular formula is C24H27NO6. The Kier molecular flexibility index (Phi) is 7.92. The van der Waals surface area contributed by atoms with Gasteiger partial charge in [-0.05, 0) is 49.2 Å². The molecule has 2 aromatic rings. The predicted octanol–water partition coefficient (Wildman–Crippen LogP) is 3.22. The van der Waals surface area contributed by atoms with Gasteiger partial charge in [0.1, 0.15) is 12.4 Å². The molecule has 7 nitrogen and oxygen atoms in total. The fourth-order valence-corrected chi connectivity index (χ4v) is 3.00. The zero-order valence-electron chi connectivity index (χ0n) is 17.8. The van der Waals surface area contributed by atoms with Crippen LogP contribution in [-0.4, -0.2) is 44.8 Å². The van der Waals surface area contributed by atoms with Gasteiger partial charge in [-0.3, -0.25) is 4.79 Å². The van der Waals surface area contributed by atoms with Crippen molar-refractivity contribution in [1.82, 2.24) is 5.32 Å². The summed E-state index contributed by atoms with van der Waals surface area (Å²) in [4.78, 5) is 23.7. The van der Waals surface area contributed by atoms with E-state index in [-0.39, 0.29) is 12.5 Å². The van der Waals surface area contributed by atoms with Crippen molar-refractivity contribution in [3.8, 4) is 17.2 Å². The van der Waals surface area contributed by atoms with Crippen LogP contribution in [0.5, 0.6) is 17.2 Å². The lowest BCUT2D eigenvalue weighted by Gasteiger charge is -2.10. The lowest BCUT2D eigenvalue weighted by Crippen LogP contribution is -2.32. The molecule has 0 saturated carbocycles. The smallest absolute Gasteiger partial charge is 0.331 e. The van der Waals surface area contributed by atoms with Gasteiger partial charge in [0.15, 0.2) is 18.1 Å². The third-order valence-corrected chi connectivity index (χ3v) is 4.54. The highest BCUT2D eigenvalue weighted by molar-refractivity contribution is 5.89. The monoisotopic (exact) mass is 425 g/mol. The maximum atomic E-state index is 11.9. The van der Waals surface area contributed by atoms with Gasteiger partial charge in [0.05, 0.1) is 19.8 Å². The molecule has 1 aliphatic heterocycles. The summed E-state index contributed by atoms with van der Waals surface area (Å²) < 4.78 is 21.8. The van der Waals surface area contributed by atoms with Crippen molar-refractivity contribution in [1.29, 1.82) is 0 Å². The standard InChI is InChI=1S/C24H27NO6/c1-17-4-7-20(18(2)14-17)30-13-10-25-23(26)16-31-24(27)9-6-19-5-8-21-22(15-19)29-12-3-11-28-21/h4-9,14-15H,3,10-13,16H2,1-2H3,(H,25,26)/b9-6+. The molecule has 0 aliphatic carbocycles. The van der Waals surface area contributed by atoms with Gasteiger partial charge in [0.2, 0.25) is 0 Å². The normalized spacial score (nSPS) is 12.8. The minimum atomic E-state index is -0.603. The minimum absolute atomic E-state index is 0.316. The van der Waals surface area contributed by atoms with Crippen LogP contribution in [0.4, 0.5) is 0 Å². The second-order valence-electron chi connectivity index (χ2n) is 7.17. The molecule has 1 aliphatic rings. The summed E-state index contributed by atoms with van der Waals surface area (Å²) in [6.07, 6.45) is 3.70. The van der Waals surface area contributed by atoms with Crippen LogP contribution in [0, 0.1) is 13.8 Å². The van der Waals surface area contributed by atoms with E-state index in [0.717, 1.165) is 23.3 Å². The molecule has 0 atom stereocenters. The third kappa shape index (κ3) is 7.06. The Hall–Kier alpha value is -3.48. The molecule has 0 radical (unpaired) electrons. The third-order valence-electron chi connectivity index (χ3n) is 4.54. The van der Waals surface area contributed by atoms with Crippen molar-refractivity contribution in [2.75, 3.05) is 33.0 Å². The second kappa shape index (κ2) is 11.1. The van der Waals surface area contributed by atoms with E-state index >= 15 is 0 Å². The SMILES string of the molecule is Cc1ccc(OCCNC(=O)COC(=O)/C=C/c2ccc3c(c2)OCCCO3)c(C)c1. The highest BCUT2D eigenvalue weighted by Crippen LogP contribution is 2.30. The Labute approximate surface area is 181 Å². The fourth-order valence-electron chi connectivity index (χ4n) is 3.00. The molecule has 3 rings (SSSR count). The van der Waals surface area contributed by atoms with Crippen LogP contribution in [0.3, 0.4) is 0 Å². The van der Waals surface area contributed by atoms with Crippen molar-refractivity contribution in [3.05, 3.63) is 59.2 Å². The molecule has 7 heteroatoms. The molecule has 0 saturated heterocycles. The van der Waals surface area contributed by atoms with Gasteiger partial charge < -0.3 is 24.3 Å². The molecule has 1 amide bonds. The summed E-state index contributed by atoms with van der Waals surface area (Å²) >= 11 is 0. The lowest BCUT2D eigenvalue weighted by molar-refractivity contribution is -0.143. The Bertz CT molecular complexity index is 953. The summed E-state index contributed by atoms with van der Waals surface area (Å²) in [6.45, 7) is 5.49. The fraction of sp³-hybridized carbons (Fsp3) is 0.333. The van der Waals surface area contributed by atoms with Crippen LogP contribution in [0.1, 0.15) is 23.1 Å². The van der Waals surface area contributed by atoms with Crippen LogP contribution < -0.4 is 19.5 Å². The van der Waals surface area contributed by atoms with Crippen molar-refractivity contribution in [2.45, 2.75) is 20.3 Å². The van der Waals surface area contributed by atoms with E-state index in [1.165, 1.54) is 11.6 Å². The zero-order chi connectivity index (χ0) is 22.1. The Morgan fingerprint density at radius 2 is 1.87 bits per heavy atom. The first-order valence-corrected chi connectivity index (χ1v) is 10.2. The topological polar surface area (TPSA) is 83.1 Å². The second-order valence-corrected chi connectivity index (χ2v) is 7.17. The number of hydrogen-bond acceptors (Lipinski definition) is 6. The maximum absolute atomic E-state index is 11.9. The molecule has 0 fully saturated rings. The van der Waals surface area contributed by atoms with Gasteiger partial charge in [-0.1, -0.05) is 23.8 Å². The average Bonchev–Trinajstić information content (AvgIpc) is 3.00. The number of esters is 1. The molecule has 1 heterocycles. The largest absolute Gasteiger partial charge is 0.491 e. The van der Waals surface area contributed by atoms with E-state index in [1.54, 1.807) is 18.2 Å². The summed E-state index contributed by atoms with van der Waals surface area (Å²) in [7, 11) is 0. The first-order valence-electron chi connectivity index (χ1n) is 10.2. The van der Waals surface area contributed by atoms with Gasteiger partial charge in [0.25, 0.3) is 5.91 Å². The number of carbonyl (C=O) groups is 2. The lowest BCUT2D eigenvalue weighted by atomic mass is 10.1. The molecule has 31 heavy (non-hydrogen) atoms. The van der Waals surface area contributed by atoms with Gasteiger partial charge >= 0.3 is 5.97 Å². The van der Waals surface area contributed by atoms with Crippen molar-refractivity contribution in [2.24, 2.45) is 0 Å². The number of hydrogen-bond donors (Lipinski definition) is 1. The van der Waals surface area contributed by atoms with Crippen LogP contribution >= 0.6 is 0 Å². The highest BCUT2D eigenvalue weighted by Gasteiger charge is 2.10. The summed E-state index contributed by atoms with van der Waals surface area (Å²) in [6, 6.07) is 11.3. The number of aryl methyl sites for hydroxylation is 2. The number of nitrogens with one attached hydrogen (secondary N) is 1. The van der Waals surface area contributed by atoms with E-state index in [9.17, 15) is 9.59 Å². The van der Waals surface area contributed by atoms with Crippen molar-refractivity contribution in [3.63, 3.8) is 0 Å². The molecule has 1 N–H and O–H groups in total. The summed E-state index contributed by atoms with van der Waals surface area (Å²) in [5, 5.41) is 2.66. The molecular weight excluding hydrogens is 398 g/mol. The van der Waals surface area contributed by atoms with Crippen LogP contribution in [0.2, 0.25) is 0 Å². The van der Waals surface area contributed by atoms with E-state index in [0.29, 0.717) is 37.9 Å². The van der Waals surface area contributed by atoms with E-state index in [1.807, 2.05) is 38.1 Å². The number of rotatable bonds is 8. The van der Waals surface area contributed by atoms with E-state index in [4.69, 9.17) is 18.9 Å². The Morgan fingerprint density at radius 3 is 2.68 bits per heavy atom. The zero-order valence-corrected chi connectivity index (χ0v) is 17.8. The van der Waals surface area contributed by atoms with Crippen molar-refractivity contribution < 1.29 is 28.5 Å². The van der Waals surface area contributed by atoms with Crippen LogP contribution in [0.15, 0.2) is 42.5 Å². The predicted molar refractivity (Wildman–Crippen MR) is 116 cm³/mol. The van der Waals surface area contributed by atoms with E-state index < -0.39 is 5.97 Å². The number of benzene rings is 2. The Balaban J connectivity index is 1.36. The summed E-state index contributed by atoms with van der Waals surface area (Å²) in [5.41, 5.74) is 2.98. The minimum Gasteiger partial charge on any atom is -0.491 e. The molecule has 0 aromatic heterocycles. The molecule has 0 unspecified atom stereocenters. The first kappa shape index (κ1) is 22.2. The highest BCUT2D eigenvalue weighted by atomic mass is 16.5. The number of fused-ring (bicyclic) bond motifs is 1. The van der Waals surface area contributed by atoms with Gasteiger partial charge in [-0.2, -0.15) is 0 Å². The van der Waals surface area contributed by atoms with Gasteiger partial charge in [-0.25, -0.2) is 4.79 Å². The number of ether oxygens (including phenoxy) is 4. The number of carbonyl (C=O) groups excluding carboxylic acids is 2. The van der Waals surface area contributed by atoms with E-state index in [2.05, 4.69) is 5.32 Å².